The lowest BCUT2D eigenvalue weighted by Gasteiger charge is -2.12. The Bertz CT molecular complexity index is 1100. The molecule has 0 fully saturated rings. The first-order valence-electron chi connectivity index (χ1n) is 8.75. The smallest absolute Gasteiger partial charge is 0.313 e. The van der Waals surface area contributed by atoms with Gasteiger partial charge in [-0.05, 0) is 46.8 Å². The molecule has 0 unspecified atom stereocenters. The number of methoxy groups -OCH3 is 1. The van der Waals surface area contributed by atoms with Gasteiger partial charge in [0.05, 0.1) is 17.9 Å². The summed E-state index contributed by atoms with van der Waals surface area (Å²) in [6.07, 6.45) is 0. The number of carbonyl (C=O) groups is 1. The number of esters is 1. The van der Waals surface area contributed by atoms with E-state index in [-0.39, 0.29) is 18.5 Å². The van der Waals surface area contributed by atoms with Crippen molar-refractivity contribution >= 4 is 28.1 Å². The Labute approximate surface area is 165 Å². The van der Waals surface area contributed by atoms with Crippen molar-refractivity contribution in [2.45, 2.75) is 19.4 Å². The molecule has 0 radical (unpaired) electrons. The van der Waals surface area contributed by atoms with E-state index >= 15 is 0 Å². The van der Waals surface area contributed by atoms with Gasteiger partial charge in [0.1, 0.15) is 5.75 Å². The molecule has 6 nitrogen and oxygen atoms in total. The Morgan fingerprint density at radius 3 is 2.79 bits per heavy atom. The number of carbonyl (C=O) groups excluding carboxylic acids is 1. The lowest BCUT2D eigenvalue weighted by atomic mass is 9.98. The maximum absolute atomic E-state index is 12.5. The number of hydrogen-bond acceptors (Lipinski definition) is 7. The summed E-state index contributed by atoms with van der Waals surface area (Å²) >= 11 is 1.52. The predicted octanol–water partition coefficient (Wildman–Crippen LogP) is 4.81. The fourth-order valence-corrected chi connectivity index (χ4v) is 3.50. The fraction of sp³-hybridized carbons (Fsp3) is 0.190. The minimum absolute atomic E-state index is 0.0493. The first-order valence-corrected chi connectivity index (χ1v) is 9.63. The molecule has 2 aromatic heterocycles. The van der Waals surface area contributed by atoms with Crippen LogP contribution < -0.4 is 4.74 Å². The van der Waals surface area contributed by atoms with E-state index < -0.39 is 5.92 Å². The Kier molecular flexibility index (Phi) is 5.08. The summed E-state index contributed by atoms with van der Waals surface area (Å²) in [4.78, 5) is 17.6. The van der Waals surface area contributed by atoms with E-state index in [0.29, 0.717) is 5.82 Å². The second-order valence-electron chi connectivity index (χ2n) is 6.29. The van der Waals surface area contributed by atoms with E-state index in [2.05, 4.69) is 10.1 Å². The van der Waals surface area contributed by atoms with E-state index in [1.165, 1.54) is 11.3 Å². The molecule has 1 atom stereocenters. The van der Waals surface area contributed by atoms with Crippen molar-refractivity contribution in [3.63, 3.8) is 0 Å². The van der Waals surface area contributed by atoms with Crippen molar-refractivity contribution in [1.29, 1.82) is 0 Å². The summed E-state index contributed by atoms with van der Waals surface area (Å²) in [5, 5.41) is 7.94. The average molecular weight is 394 g/mol. The van der Waals surface area contributed by atoms with Crippen LogP contribution in [0, 0.1) is 0 Å². The molecular formula is C21H18N2O4S. The minimum Gasteiger partial charge on any atom is -0.497 e. The number of benzene rings is 2. The molecule has 0 spiro atoms. The zero-order valence-electron chi connectivity index (χ0n) is 15.4. The molecule has 0 bridgehead atoms. The standard InChI is InChI=1S/C21H18N2O4S/c1-13(14-5-6-16-11-17(25-2)8-7-15(16)10-14)21(24)26-12-19-22-20(23-27-19)18-4-3-9-28-18/h3-11,13H,12H2,1-2H3/t13-/m0/s1. The summed E-state index contributed by atoms with van der Waals surface area (Å²) in [5.41, 5.74) is 0.882. The highest BCUT2D eigenvalue weighted by atomic mass is 32.1. The van der Waals surface area contributed by atoms with Gasteiger partial charge in [-0.1, -0.05) is 35.5 Å². The normalized spacial score (nSPS) is 12.1. The van der Waals surface area contributed by atoms with Crippen molar-refractivity contribution in [3.8, 4) is 16.5 Å². The highest BCUT2D eigenvalue weighted by Gasteiger charge is 2.19. The summed E-state index contributed by atoms with van der Waals surface area (Å²) in [5.74, 6) is 0.817. The van der Waals surface area contributed by atoms with E-state index in [4.69, 9.17) is 14.0 Å². The van der Waals surface area contributed by atoms with Crippen molar-refractivity contribution in [3.05, 3.63) is 65.4 Å². The molecule has 0 amide bonds. The maximum atomic E-state index is 12.5. The van der Waals surface area contributed by atoms with Gasteiger partial charge >= 0.3 is 5.97 Å². The van der Waals surface area contributed by atoms with Crippen LogP contribution in [0.5, 0.6) is 5.75 Å². The molecule has 0 aliphatic heterocycles. The van der Waals surface area contributed by atoms with Gasteiger partial charge < -0.3 is 14.0 Å². The third-order valence-electron chi connectivity index (χ3n) is 4.47. The summed E-state index contributed by atoms with van der Waals surface area (Å²) in [6.45, 7) is 1.77. The molecule has 142 valence electrons. The third kappa shape index (κ3) is 3.75. The van der Waals surface area contributed by atoms with Crippen LogP contribution >= 0.6 is 11.3 Å². The molecule has 0 saturated heterocycles. The van der Waals surface area contributed by atoms with Crippen LogP contribution in [-0.2, 0) is 16.1 Å². The van der Waals surface area contributed by atoms with E-state index in [0.717, 1.165) is 27.0 Å². The van der Waals surface area contributed by atoms with Crippen LogP contribution in [0.4, 0.5) is 0 Å². The number of ether oxygens (including phenoxy) is 2. The quantitative estimate of drug-likeness (QED) is 0.437. The topological polar surface area (TPSA) is 74.5 Å². The monoisotopic (exact) mass is 394 g/mol. The zero-order chi connectivity index (χ0) is 19.5. The molecule has 0 aliphatic carbocycles. The second-order valence-corrected chi connectivity index (χ2v) is 7.24. The van der Waals surface area contributed by atoms with Crippen molar-refractivity contribution in [1.82, 2.24) is 10.1 Å². The van der Waals surface area contributed by atoms with Gasteiger partial charge in [0.15, 0.2) is 6.61 Å². The Morgan fingerprint density at radius 1 is 1.18 bits per heavy atom. The first-order chi connectivity index (χ1) is 13.6. The molecule has 0 N–H and O–H groups in total. The van der Waals surface area contributed by atoms with Gasteiger partial charge in [0.2, 0.25) is 5.82 Å². The maximum Gasteiger partial charge on any atom is 0.313 e. The SMILES string of the molecule is COc1ccc2cc([C@H](C)C(=O)OCc3nc(-c4cccs4)no3)ccc2c1. The summed E-state index contributed by atoms with van der Waals surface area (Å²) in [6, 6.07) is 15.5. The average Bonchev–Trinajstić information content (AvgIpc) is 3.42. The number of fused-ring (bicyclic) bond motifs is 1. The van der Waals surface area contributed by atoms with Crippen molar-refractivity contribution < 1.29 is 18.8 Å². The molecule has 0 saturated carbocycles. The summed E-state index contributed by atoms with van der Waals surface area (Å²) in [7, 11) is 1.64. The van der Waals surface area contributed by atoms with Crippen LogP contribution in [0.15, 0.2) is 58.4 Å². The van der Waals surface area contributed by atoms with Gasteiger partial charge in [0, 0.05) is 0 Å². The number of aromatic nitrogens is 2. The second kappa shape index (κ2) is 7.82. The molecule has 0 aliphatic rings. The van der Waals surface area contributed by atoms with E-state index in [9.17, 15) is 4.79 Å². The molecule has 28 heavy (non-hydrogen) atoms. The number of rotatable bonds is 6. The number of thiophene rings is 1. The van der Waals surface area contributed by atoms with Crippen LogP contribution in [0.3, 0.4) is 0 Å². The highest BCUT2D eigenvalue weighted by Crippen LogP contribution is 2.26. The lowest BCUT2D eigenvalue weighted by molar-refractivity contribution is -0.147. The van der Waals surface area contributed by atoms with Crippen LogP contribution in [-0.4, -0.2) is 23.2 Å². The molecular weight excluding hydrogens is 376 g/mol. The van der Waals surface area contributed by atoms with Gasteiger partial charge in [-0.3, -0.25) is 4.79 Å². The van der Waals surface area contributed by atoms with Crippen LogP contribution in [0.2, 0.25) is 0 Å². The van der Waals surface area contributed by atoms with E-state index in [1.54, 1.807) is 7.11 Å². The Balaban J connectivity index is 1.42. The minimum atomic E-state index is -0.411. The zero-order valence-corrected chi connectivity index (χ0v) is 16.2. The lowest BCUT2D eigenvalue weighted by Crippen LogP contribution is -2.13. The number of nitrogens with zero attached hydrogens (tertiary/aromatic N) is 2. The molecule has 2 aromatic carbocycles. The third-order valence-corrected chi connectivity index (χ3v) is 5.34. The van der Waals surface area contributed by atoms with Gasteiger partial charge in [-0.15, -0.1) is 11.3 Å². The van der Waals surface area contributed by atoms with Crippen LogP contribution in [0.1, 0.15) is 24.3 Å². The van der Waals surface area contributed by atoms with Gasteiger partial charge in [-0.25, -0.2) is 0 Å². The number of hydrogen-bond donors (Lipinski definition) is 0. The Hall–Kier alpha value is -3.19. The fourth-order valence-electron chi connectivity index (χ4n) is 2.85. The van der Waals surface area contributed by atoms with Gasteiger partial charge in [0.25, 0.3) is 5.89 Å². The molecule has 4 aromatic rings. The van der Waals surface area contributed by atoms with Gasteiger partial charge in [-0.2, -0.15) is 4.98 Å². The first kappa shape index (κ1) is 18.2. The summed E-state index contributed by atoms with van der Waals surface area (Å²) < 4.78 is 15.8. The van der Waals surface area contributed by atoms with Crippen molar-refractivity contribution in [2.75, 3.05) is 7.11 Å². The molecule has 4 rings (SSSR count). The largest absolute Gasteiger partial charge is 0.497 e. The van der Waals surface area contributed by atoms with Crippen molar-refractivity contribution in [2.24, 2.45) is 0 Å². The molecule has 2 heterocycles. The highest BCUT2D eigenvalue weighted by molar-refractivity contribution is 7.13. The molecule has 7 heteroatoms. The van der Waals surface area contributed by atoms with E-state index in [1.807, 2.05) is 60.8 Å². The Morgan fingerprint density at radius 2 is 2.00 bits per heavy atom. The van der Waals surface area contributed by atoms with Crippen LogP contribution in [0.25, 0.3) is 21.5 Å². The predicted molar refractivity (Wildman–Crippen MR) is 106 cm³/mol.